The largest absolute Gasteiger partial charge is 0.392 e. The molecule has 0 unspecified atom stereocenters. The molecule has 6 heteroatoms. The van der Waals surface area contributed by atoms with Crippen molar-refractivity contribution in [3.8, 4) is 0 Å². The van der Waals surface area contributed by atoms with Gasteiger partial charge in [-0.05, 0) is 19.3 Å². The van der Waals surface area contributed by atoms with E-state index in [4.69, 9.17) is 0 Å². The lowest BCUT2D eigenvalue weighted by Gasteiger charge is -2.36. The average molecular weight is 337 g/mol. The van der Waals surface area contributed by atoms with Gasteiger partial charge in [-0.2, -0.15) is 0 Å². The van der Waals surface area contributed by atoms with Crippen molar-refractivity contribution in [3.05, 3.63) is 0 Å². The number of rotatable bonds is 5. The number of amides is 2. The van der Waals surface area contributed by atoms with E-state index in [1.807, 2.05) is 16.7 Å². The van der Waals surface area contributed by atoms with Crippen LogP contribution in [0.15, 0.2) is 0 Å². The molecule has 2 aliphatic heterocycles. The van der Waals surface area contributed by atoms with E-state index in [-0.39, 0.29) is 23.8 Å². The topological polar surface area (TPSA) is 64.1 Å². The summed E-state index contributed by atoms with van der Waals surface area (Å²) in [4.78, 5) is 31.2. The molecule has 3 rings (SSSR count). The maximum absolute atomic E-state index is 12.8. The summed E-state index contributed by atoms with van der Waals surface area (Å²) in [5.74, 6) is 0.176. The van der Waals surface area contributed by atoms with Crippen LogP contribution in [0.1, 0.15) is 45.4 Å². The number of piperazine rings is 1. The van der Waals surface area contributed by atoms with Gasteiger partial charge in [0, 0.05) is 51.7 Å². The summed E-state index contributed by atoms with van der Waals surface area (Å²) in [7, 11) is 0. The van der Waals surface area contributed by atoms with E-state index in [2.05, 4.69) is 4.90 Å². The van der Waals surface area contributed by atoms with E-state index in [0.29, 0.717) is 38.6 Å². The number of β-amino-alcohol motifs (C(OH)–C–C–N with tert-alkyl or cyclic N) is 1. The molecule has 0 radical (unpaired) electrons. The molecule has 0 aromatic rings. The van der Waals surface area contributed by atoms with Gasteiger partial charge in [0.2, 0.25) is 11.8 Å². The molecule has 0 aromatic heterocycles. The second-order valence-electron chi connectivity index (χ2n) is 7.57. The molecule has 1 aliphatic carbocycles. The molecule has 2 atom stereocenters. The van der Waals surface area contributed by atoms with Crippen LogP contribution in [0, 0.1) is 5.92 Å². The third kappa shape index (κ3) is 3.91. The van der Waals surface area contributed by atoms with Crippen LogP contribution in [-0.2, 0) is 9.59 Å². The van der Waals surface area contributed by atoms with Crippen LogP contribution < -0.4 is 0 Å². The van der Waals surface area contributed by atoms with Crippen LogP contribution in [0.5, 0.6) is 0 Å². The third-order valence-corrected chi connectivity index (χ3v) is 5.90. The second kappa shape index (κ2) is 7.83. The Bertz CT molecular complexity index is 456. The van der Waals surface area contributed by atoms with Crippen molar-refractivity contribution in [2.75, 3.05) is 39.3 Å². The Kier molecular flexibility index (Phi) is 5.76. The molecule has 1 N–H and O–H groups in total. The lowest BCUT2D eigenvalue weighted by atomic mass is 10.1. The summed E-state index contributed by atoms with van der Waals surface area (Å²) in [6.45, 7) is 6.35. The number of nitrogens with zero attached hydrogens (tertiary/aromatic N) is 3. The van der Waals surface area contributed by atoms with E-state index >= 15 is 0 Å². The molecule has 1 saturated carbocycles. The van der Waals surface area contributed by atoms with Crippen molar-refractivity contribution < 1.29 is 14.7 Å². The summed E-state index contributed by atoms with van der Waals surface area (Å²) in [5, 5.41) is 9.75. The van der Waals surface area contributed by atoms with E-state index < -0.39 is 0 Å². The zero-order chi connectivity index (χ0) is 17.1. The quantitative estimate of drug-likeness (QED) is 0.802. The number of likely N-dealkylation sites (tertiary alicyclic amines) is 1. The van der Waals surface area contributed by atoms with Crippen LogP contribution in [-0.4, -0.2) is 83.0 Å². The summed E-state index contributed by atoms with van der Waals surface area (Å²) >= 11 is 0. The molecule has 6 nitrogen and oxygen atoms in total. The molecule has 24 heavy (non-hydrogen) atoms. The van der Waals surface area contributed by atoms with Gasteiger partial charge < -0.3 is 14.9 Å². The number of hydrogen-bond acceptors (Lipinski definition) is 4. The van der Waals surface area contributed by atoms with Crippen molar-refractivity contribution in [1.82, 2.24) is 14.7 Å². The van der Waals surface area contributed by atoms with Gasteiger partial charge in [-0.25, -0.2) is 0 Å². The number of aliphatic hydroxyl groups excluding tert-OH is 1. The van der Waals surface area contributed by atoms with Gasteiger partial charge in [-0.3, -0.25) is 14.5 Å². The predicted molar refractivity (Wildman–Crippen MR) is 91.4 cm³/mol. The van der Waals surface area contributed by atoms with E-state index in [9.17, 15) is 14.7 Å². The van der Waals surface area contributed by atoms with Gasteiger partial charge >= 0.3 is 0 Å². The predicted octanol–water partition coefficient (Wildman–Crippen LogP) is 0.693. The molecule has 0 aromatic carbocycles. The lowest BCUT2D eigenvalue weighted by molar-refractivity contribution is -0.137. The zero-order valence-corrected chi connectivity index (χ0v) is 14.8. The first-order valence-electron chi connectivity index (χ1n) is 9.57. The normalized spacial score (nSPS) is 27.9. The summed E-state index contributed by atoms with van der Waals surface area (Å²) in [5.41, 5.74) is 0. The SMILES string of the molecule is CC[C@H](O)CN1CCN(C(=O)[C@H]2CC(=O)N(C3CCCC3)C2)CC1. The van der Waals surface area contributed by atoms with Crippen molar-refractivity contribution in [2.24, 2.45) is 5.92 Å². The molecular formula is C18H31N3O3. The van der Waals surface area contributed by atoms with Gasteiger partial charge in [0.1, 0.15) is 0 Å². The minimum Gasteiger partial charge on any atom is -0.392 e. The number of aliphatic hydroxyl groups is 1. The van der Waals surface area contributed by atoms with Crippen molar-refractivity contribution in [1.29, 1.82) is 0 Å². The van der Waals surface area contributed by atoms with E-state index in [1.165, 1.54) is 12.8 Å². The fourth-order valence-electron chi connectivity index (χ4n) is 4.30. The highest BCUT2D eigenvalue weighted by Crippen LogP contribution is 2.30. The highest BCUT2D eigenvalue weighted by Gasteiger charge is 2.40. The first-order valence-corrected chi connectivity index (χ1v) is 9.57. The molecule has 2 saturated heterocycles. The van der Waals surface area contributed by atoms with E-state index in [1.54, 1.807) is 0 Å². The maximum atomic E-state index is 12.8. The number of carbonyl (C=O) groups is 2. The van der Waals surface area contributed by atoms with Crippen LogP contribution in [0.2, 0.25) is 0 Å². The van der Waals surface area contributed by atoms with Crippen molar-refractivity contribution >= 4 is 11.8 Å². The smallest absolute Gasteiger partial charge is 0.228 e. The zero-order valence-electron chi connectivity index (χ0n) is 14.8. The van der Waals surface area contributed by atoms with Gasteiger partial charge in [0.25, 0.3) is 0 Å². The van der Waals surface area contributed by atoms with Crippen LogP contribution >= 0.6 is 0 Å². The Labute approximate surface area is 144 Å². The van der Waals surface area contributed by atoms with Gasteiger partial charge in [-0.15, -0.1) is 0 Å². The van der Waals surface area contributed by atoms with Gasteiger partial charge in [0.15, 0.2) is 0 Å². The van der Waals surface area contributed by atoms with Crippen LogP contribution in [0.25, 0.3) is 0 Å². The van der Waals surface area contributed by atoms with Gasteiger partial charge in [0.05, 0.1) is 12.0 Å². The molecular weight excluding hydrogens is 306 g/mol. The number of carbonyl (C=O) groups excluding carboxylic acids is 2. The monoisotopic (exact) mass is 337 g/mol. The van der Waals surface area contributed by atoms with Crippen LogP contribution in [0.4, 0.5) is 0 Å². The highest BCUT2D eigenvalue weighted by molar-refractivity contribution is 5.89. The lowest BCUT2D eigenvalue weighted by Crippen LogP contribution is -2.52. The minimum absolute atomic E-state index is 0.147. The Morgan fingerprint density at radius 1 is 1.21 bits per heavy atom. The Morgan fingerprint density at radius 3 is 2.50 bits per heavy atom. The molecule has 3 aliphatic rings. The molecule has 0 spiro atoms. The number of hydrogen-bond donors (Lipinski definition) is 1. The molecule has 136 valence electrons. The molecule has 3 fully saturated rings. The van der Waals surface area contributed by atoms with E-state index in [0.717, 1.165) is 32.4 Å². The van der Waals surface area contributed by atoms with Crippen molar-refractivity contribution in [3.63, 3.8) is 0 Å². The summed E-state index contributed by atoms with van der Waals surface area (Å²) in [6.07, 6.45) is 5.50. The van der Waals surface area contributed by atoms with Crippen molar-refractivity contribution in [2.45, 2.75) is 57.6 Å². The maximum Gasteiger partial charge on any atom is 0.228 e. The fraction of sp³-hybridized carbons (Fsp3) is 0.889. The Morgan fingerprint density at radius 2 is 1.88 bits per heavy atom. The molecule has 2 heterocycles. The fourth-order valence-corrected chi connectivity index (χ4v) is 4.30. The first kappa shape index (κ1) is 17.7. The third-order valence-electron chi connectivity index (χ3n) is 5.90. The minimum atomic E-state index is -0.278. The summed E-state index contributed by atoms with van der Waals surface area (Å²) < 4.78 is 0. The standard InChI is InChI=1S/C18H31N3O3/c1-2-16(22)13-19-7-9-20(10-8-19)18(24)14-11-17(23)21(12-14)15-5-3-4-6-15/h14-16,22H,2-13H2,1H3/t14-,16-/m0/s1. The Balaban J connectivity index is 1.48. The van der Waals surface area contributed by atoms with Gasteiger partial charge in [-0.1, -0.05) is 19.8 Å². The second-order valence-corrected chi connectivity index (χ2v) is 7.57. The summed E-state index contributed by atoms with van der Waals surface area (Å²) in [6, 6.07) is 0.377. The molecule has 2 amide bonds. The first-order chi connectivity index (χ1) is 11.6. The Hall–Kier alpha value is -1.14. The van der Waals surface area contributed by atoms with Crippen LogP contribution in [0.3, 0.4) is 0 Å². The highest BCUT2D eigenvalue weighted by atomic mass is 16.3. The average Bonchev–Trinajstić information content (AvgIpc) is 3.24. The molecule has 0 bridgehead atoms.